The molecule has 1 aromatic heterocycles. The summed E-state index contributed by atoms with van der Waals surface area (Å²) in [6, 6.07) is 5.16. The molecule has 2 rings (SSSR count). The fraction of sp³-hybridized carbons (Fsp3) is 0.312. The van der Waals surface area contributed by atoms with Gasteiger partial charge in [-0.05, 0) is 47.4 Å². The van der Waals surface area contributed by atoms with Crippen molar-refractivity contribution in [2.45, 2.75) is 32.0 Å². The Morgan fingerprint density at radius 2 is 1.73 bits per heavy atom. The molecule has 0 aliphatic carbocycles. The highest BCUT2D eigenvalue weighted by molar-refractivity contribution is 5.34. The van der Waals surface area contributed by atoms with Crippen molar-refractivity contribution in [2.75, 3.05) is 0 Å². The molecule has 0 spiro atoms. The predicted octanol–water partition coefficient (Wildman–Crippen LogP) is 4.44. The first-order chi connectivity index (χ1) is 10.2. The zero-order chi connectivity index (χ0) is 16.5. The Morgan fingerprint density at radius 3 is 2.32 bits per heavy atom. The van der Waals surface area contributed by atoms with Gasteiger partial charge in [0, 0.05) is 11.9 Å². The van der Waals surface area contributed by atoms with Gasteiger partial charge >= 0.3 is 6.18 Å². The summed E-state index contributed by atoms with van der Waals surface area (Å²) in [4.78, 5) is 4.12. The van der Waals surface area contributed by atoms with Gasteiger partial charge in [0.05, 0.1) is 5.56 Å². The number of halogens is 4. The maximum Gasteiger partial charge on any atom is 0.416 e. The van der Waals surface area contributed by atoms with Gasteiger partial charge in [0.2, 0.25) is 0 Å². The Hall–Kier alpha value is -1.95. The van der Waals surface area contributed by atoms with E-state index in [4.69, 9.17) is 0 Å². The second kappa shape index (κ2) is 6.04. The smallest absolute Gasteiger partial charge is 0.384 e. The second-order valence-corrected chi connectivity index (χ2v) is 5.34. The van der Waals surface area contributed by atoms with E-state index in [1.54, 1.807) is 6.07 Å². The summed E-state index contributed by atoms with van der Waals surface area (Å²) in [5.74, 6) is -0.938. The van der Waals surface area contributed by atoms with E-state index in [0.29, 0.717) is 17.3 Å². The van der Waals surface area contributed by atoms with Crippen LogP contribution in [0.3, 0.4) is 0 Å². The average Bonchev–Trinajstić information content (AvgIpc) is 2.45. The Labute approximate surface area is 125 Å². The number of rotatable bonds is 3. The molecule has 1 unspecified atom stereocenters. The largest absolute Gasteiger partial charge is 0.416 e. The van der Waals surface area contributed by atoms with Crippen LogP contribution in [0, 0.1) is 5.82 Å². The number of aliphatic hydroxyl groups is 1. The van der Waals surface area contributed by atoms with Crippen LogP contribution in [0.25, 0.3) is 0 Å². The lowest BCUT2D eigenvalue weighted by Crippen LogP contribution is -2.09. The van der Waals surface area contributed by atoms with Crippen molar-refractivity contribution in [1.82, 2.24) is 4.98 Å². The molecule has 1 heterocycles. The summed E-state index contributed by atoms with van der Waals surface area (Å²) in [5, 5.41) is 10.3. The Morgan fingerprint density at radius 1 is 1.05 bits per heavy atom. The number of hydrogen-bond acceptors (Lipinski definition) is 2. The monoisotopic (exact) mass is 313 g/mol. The third-order valence-corrected chi connectivity index (χ3v) is 3.28. The van der Waals surface area contributed by atoms with E-state index in [1.807, 2.05) is 13.8 Å². The number of aliphatic hydroxyl groups excluding tert-OH is 1. The molecule has 1 aromatic carbocycles. The normalized spacial score (nSPS) is 13.5. The van der Waals surface area contributed by atoms with Gasteiger partial charge in [0.25, 0.3) is 0 Å². The zero-order valence-corrected chi connectivity index (χ0v) is 12.0. The molecule has 0 radical (unpaired) electrons. The van der Waals surface area contributed by atoms with E-state index in [1.165, 1.54) is 12.3 Å². The summed E-state index contributed by atoms with van der Waals surface area (Å²) in [5.41, 5.74) is -0.200. The Balaban J connectivity index is 2.43. The van der Waals surface area contributed by atoms with Crippen LogP contribution in [-0.2, 0) is 6.18 Å². The van der Waals surface area contributed by atoms with E-state index in [0.717, 1.165) is 12.1 Å². The number of aromatic nitrogens is 1. The average molecular weight is 313 g/mol. The fourth-order valence-electron chi connectivity index (χ4n) is 2.08. The van der Waals surface area contributed by atoms with Crippen LogP contribution in [0.5, 0.6) is 0 Å². The van der Waals surface area contributed by atoms with Crippen LogP contribution in [-0.4, -0.2) is 10.1 Å². The maximum absolute atomic E-state index is 13.4. The van der Waals surface area contributed by atoms with Crippen molar-refractivity contribution in [2.24, 2.45) is 0 Å². The van der Waals surface area contributed by atoms with Gasteiger partial charge in [0.1, 0.15) is 11.9 Å². The molecule has 0 fully saturated rings. The minimum atomic E-state index is -4.67. The molecule has 0 bridgehead atoms. The van der Waals surface area contributed by atoms with E-state index in [-0.39, 0.29) is 11.5 Å². The van der Waals surface area contributed by atoms with Gasteiger partial charge in [-0.3, -0.25) is 4.98 Å². The maximum atomic E-state index is 13.4. The van der Waals surface area contributed by atoms with E-state index < -0.39 is 23.7 Å². The van der Waals surface area contributed by atoms with Crippen molar-refractivity contribution in [3.8, 4) is 0 Å². The molecular formula is C16H15F4NO. The van der Waals surface area contributed by atoms with E-state index in [9.17, 15) is 22.7 Å². The van der Waals surface area contributed by atoms with Gasteiger partial charge in [-0.1, -0.05) is 13.8 Å². The lowest BCUT2D eigenvalue weighted by atomic mass is 9.98. The Kier molecular flexibility index (Phi) is 4.51. The van der Waals surface area contributed by atoms with Crippen molar-refractivity contribution in [3.05, 3.63) is 64.7 Å². The van der Waals surface area contributed by atoms with Crippen LogP contribution in [0.2, 0.25) is 0 Å². The third kappa shape index (κ3) is 3.62. The summed E-state index contributed by atoms with van der Waals surface area (Å²) in [7, 11) is 0. The molecule has 2 nitrogen and oxygen atoms in total. The van der Waals surface area contributed by atoms with Gasteiger partial charge in [-0.15, -0.1) is 0 Å². The van der Waals surface area contributed by atoms with Crippen LogP contribution >= 0.6 is 0 Å². The summed E-state index contributed by atoms with van der Waals surface area (Å²) < 4.78 is 51.6. The SMILES string of the molecule is CC(C)c1cc(C(O)c2cc(F)cc(C(F)(F)F)c2)ccn1. The summed E-state index contributed by atoms with van der Waals surface area (Å²) in [6.45, 7) is 3.81. The van der Waals surface area contributed by atoms with Crippen LogP contribution in [0.15, 0.2) is 36.5 Å². The molecule has 0 aliphatic rings. The van der Waals surface area contributed by atoms with Crippen molar-refractivity contribution >= 4 is 0 Å². The minimum Gasteiger partial charge on any atom is -0.384 e. The van der Waals surface area contributed by atoms with E-state index >= 15 is 0 Å². The van der Waals surface area contributed by atoms with Crippen LogP contribution in [0.1, 0.15) is 48.3 Å². The van der Waals surface area contributed by atoms with Crippen molar-refractivity contribution in [3.63, 3.8) is 0 Å². The summed E-state index contributed by atoms with van der Waals surface area (Å²) in [6.07, 6.45) is -4.55. The third-order valence-electron chi connectivity index (χ3n) is 3.28. The van der Waals surface area contributed by atoms with Gasteiger partial charge in [0.15, 0.2) is 0 Å². The number of hydrogen-bond donors (Lipinski definition) is 1. The Bertz CT molecular complexity index is 667. The number of nitrogens with zero attached hydrogens (tertiary/aromatic N) is 1. The van der Waals surface area contributed by atoms with Crippen molar-refractivity contribution in [1.29, 1.82) is 0 Å². The molecule has 0 saturated carbocycles. The van der Waals surface area contributed by atoms with Crippen LogP contribution in [0.4, 0.5) is 17.6 Å². The topological polar surface area (TPSA) is 33.1 Å². The molecule has 22 heavy (non-hydrogen) atoms. The predicted molar refractivity (Wildman–Crippen MR) is 73.8 cm³/mol. The number of alkyl halides is 3. The first kappa shape index (κ1) is 16.4. The highest BCUT2D eigenvalue weighted by Crippen LogP contribution is 2.33. The molecule has 0 aliphatic heterocycles. The highest BCUT2D eigenvalue weighted by atomic mass is 19.4. The quantitative estimate of drug-likeness (QED) is 0.850. The molecule has 1 N–H and O–H groups in total. The lowest BCUT2D eigenvalue weighted by Gasteiger charge is -2.16. The lowest BCUT2D eigenvalue weighted by molar-refractivity contribution is -0.137. The summed E-state index contributed by atoms with van der Waals surface area (Å²) >= 11 is 0. The minimum absolute atomic E-state index is 0.102. The number of pyridine rings is 1. The van der Waals surface area contributed by atoms with Gasteiger partial charge in [-0.2, -0.15) is 13.2 Å². The molecule has 6 heteroatoms. The first-order valence-electron chi connectivity index (χ1n) is 6.70. The first-order valence-corrected chi connectivity index (χ1v) is 6.70. The molecule has 2 aromatic rings. The number of benzene rings is 1. The molecular weight excluding hydrogens is 298 g/mol. The van der Waals surface area contributed by atoms with E-state index in [2.05, 4.69) is 4.98 Å². The zero-order valence-electron chi connectivity index (χ0n) is 12.0. The van der Waals surface area contributed by atoms with Crippen molar-refractivity contribution < 1.29 is 22.7 Å². The standard InChI is InChI=1S/C16H15F4NO/c1-9(2)14-7-10(3-4-21-14)15(22)11-5-12(16(18,19)20)8-13(17)6-11/h3-9,15,22H,1-2H3. The molecule has 1 atom stereocenters. The fourth-order valence-corrected chi connectivity index (χ4v) is 2.08. The molecule has 0 saturated heterocycles. The van der Waals surface area contributed by atoms with Gasteiger partial charge < -0.3 is 5.11 Å². The van der Waals surface area contributed by atoms with Crippen LogP contribution < -0.4 is 0 Å². The van der Waals surface area contributed by atoms with Gasteiger partial charge in [-0.25, -0.2) is 4.39 Å². The molecule has 0 amide bonds. The second-order valence-electron chi connectivity index (χ2n) is 5.34. The highest BCUT2D eigenvalue weighted by Gasteiger charge is 2.32. The molecule has 118 valence electrons.